The molecule has 22 heavy (non-hydrogen) atoms. The second kappa shape index (κ2) is 6.95. The van der Waals surface area contributed by atoms with Gasteiger partial charge in [0.15, 0.2) is 0 Å². The van der Waals surface area contributed by atoms with Crippen LogP contribution in [0, 0.1) is 5.92 Å². The summed E-state index contributed by atoms with van der Waals surface area (Å²) in [6.45, 7) is 3.35. The molecule has 4 heteroatoms. The van der Waals surface area contributed by atoms with Crippen LogP contribution in [0.4, 0.5) is 5.69 Å². The Balaban J connectivity index is 1.93. The quantitative estimate of drug-likeness (QED) is 0.865. The van der Waals surface area contributed by atoms with E-state index in [1.807, 2.05) is 0 Å². The van der Waals surface area contributed by atoms with Crippen LogP contribution in [0.25, 0.3) is 0 Å². The summed E-state index contributed by atoms with van der Waals surface area (Å²) in [5.41, 5.74) is 0.529. The molecule has 0 unspecified atom stereocenters. The molecule has 0 aliphatic heterocycles. The molecule has 1 aliphatic carbocycles. The van der Waals surface area contributed by atoms with E-state index in [2.05, 4.69) is 5.32 Å². The minimum atomic E-state index is -0.926. The molecule has 0 spiro atoms. The number of carbonyl (C=O) groups is 2. The molecule has 1 saturated carbocycles. The number of carboxylic acids is 1. The minimum Gasteiger partial charge on any atom is -0.481 e. The van der Waals surface area contributed by atoms with E-state index >= 15 is 0 Å². The zero-order chi connectivity index (χ0) is 16.2. The van der Waals surface area contributed by atoms with Gasteiger partial charge in [0.1, 0.15) is 0 Å². The third-order valence-electron chi connectivity index (χ3n) is 4.62. The molecule has 0 heterocycles. The fraction of sp³-hybridized carbons (Fsp3) is 0.556. The molecular weight excluding hydrogens is 278 g/mol. The number of hydrogen-bond acceptors (Lipinski definition) is 2. The van der Waals surface area contributed by atoms with E-state index in [0.717, 1.165) is 24.1 Å². The first-order valence-electron chi connectivity index (χ1n) is 8.03. The Bertz CT molecular complexity index is 528. The maximum atomic E-state index is 12.1. The Morgan fingerprint density at radius 1 is 1.14 bits per heavy atom. The molecule has 0 radical (unpaired) electrons. The maximum Gasteiger partial charge on any atom is 0.313 e. The van der Waals surface area contributed by atoms with Crippen molar-refractivity contribution in [3.05, 3.63) is 29.8 Å². The average Bonchev–Trinajstić information content (AvgIpc) is 2.48. The lowest BCUT2D eigenvalue weighted by Crippen LogP contribution is -2.28. The highest BCUT2D eigenvalue weighted by molar-refractivity contribution is 5.91. The van der Waals surface area contributed by atoms with Crippen molar-refractivity contribution in [3.8, 4) is 0 Å². The van der Waals surface area contributed by atoms with E-state index in [1.54, 1.807) is 38.1 Å². The van der Waals surface area contributed by atoms with Crippen molar-refractivity contribution in [2.45, 2.75) is 57.8 Å². The summed E-state index contributed by atoms with van der Waals surface area (Å²) in [5.74, 6) is -0.294. The van der Waals surface area contributed by atoms with Gasteiger partial charge in [-0.05, 0) is 50.3 Å². The summed E-state index contributed by atoms with van der Waals surface area (Å²) in [5, 5.41) is 12.1. The standard InChI is InChI=1S/C18H25NO3/c1-18(2,17(21)22)14-8-10-15(11-9-14)19-16(20)12-13-6-4-3-5-7-13/h8-11,13H,3-7,12H2,1-2H3,(H,19,20)(H,21,22). The second-order valence-corrected chi connectivity index (χ2v) is 6.76. The molecule has 1 aromatic carbocycles. The third-order valence-corrected chi connectivity index (χ3v) is 4.62. The van der Waals surface area contributed by atoms with Gasteiger partial charge in [-0.2, -0.15) is 0 Å². The lowest BCUT2D eigenvalue weighted by molar-refractivity contribution is -0.142. The third kappa shape index (κ3) is 4.09. The maximum absolute atomic E-state index is 12.1. The monoisotopic (exact) mass is 303 g/mol. The number of anilines is 1. The first kappa shape index (κ1) is 16.5. The SMILES string of the molecule is CC(C)(C(=O)O)c1ccc(NC(=O)CC2CCCCC2)cc1. The number of carbonyl (C=O) groups excluding carboxylic acids is 1. The first-order chi connectivity index (χ1) is 10.4. The number of nitrogens with one attached hydrogen (secondary N) is 1. The summed E-state index contributed by atoms with van der Waals surface area (Å²) in [7, 11) is 0. The van der Waals surface area contributed by atoms with Crippen LogP contribution in [0.1, 0.15) is 57.9 Å². The lowest BCUT2D eigenvalue weighted by Gasteiger charge is -2.21. The predicted molar refractivity (Wildman–Crippen MR) is 86.9 cm³/mol. The van der Waals surface area contributed by atoms with Gasteiger partial charge in [0.05, 0.1) is 5.41 Å². The van der Waals surface area contributed by atoms with Gasteiger partial charge in [-0.15, -0.1) is 0 Å². The molecule has 1 aromatic rings. The predicted octanol–water partition coefficient (Wildman–Crippen LogP) is 3.96. The van der Waals surface area contributed by atoms with E-state index in [1.165, 1.54) is 19.3 Å². The minimum absolute atomic E-state index is 0.0529. The van der Waals surface area contributed by atoms with Gasteiger partial charge in [0.2, 0.25) is 5.91 Å². The van der Waals surface area contributed by atoms with Crippen molar-refractivity contribution in [2.75, 3.05) is 5.32 Å². The largest absolute Gasteiger partial charge is 0.481 e. The highest BCUT2D eigenvalue weighted by Crippen LogP contribution is 2.27. The van der Waals surface area contributed by atoms with Gasteiger partial charge in [0.25, 0.3) is 0 Å². The summed E-state index contributed by atoms with van der Waals surface area (Å²) in [6, 6.07) is 7.09. The molecule has 2 N–H and O–H groups in total. The van der Waals surface area contributed by atoms with Crippen molar-refractivity contribution >= 4 is 17.6 Å². The van der Waals surface area contributed by atoms with Crippen molar-refractivity contribution in [1.82, 2.24) is 0 Å². The molecule has 1 amide bonds. The smallest absolute Gasteiger partial charge is 0.313 e. The molecular formula is C18H25NO3. The van der Waals surface area contributed by atoms with E-state index in [4.69, 9.17) is 0 Å². The topological polar surface area (TPSA) is 66.4 Å². The summed E-state index contributed by atoms with van der Waals surface area (Å²) in [4.78, 5) is 23.3. The summed E-state index contributed by atoms with van der Waals surface area (Å²) < 4.78 is 0. The fourth-order valence-electron chi connectivity index (χ4n) is 2.96. The van der Waals surface area contributed by atoms with Crippen molar-refractivity contribution in [2.24, 2.45) is 5.92 Å². The van der Waals surface area contributed by atoms with Gasteiger partial charge in [0, 0.05) is 12.1 Å². The van der Waals surface area contributed by atoms with Gasteiger partial charge < -0.3 is 10.4 Å². The Kier molecular flexibility index (Phi) is 5.22. The first-order valence-corrected chi connectivity index (χ1v) is 8.03. The van der Waals surface area contributed by atoms with Crippen LogP contribution in [0.15, 0.2) is 24.3 Å². The molecule has 0 aromatic heterocycles. The molecule has 1 fully saturated rings. The molecule has 4 nitrogen and oxygen atoms in total. The normalized spacial score (nSPS) is 16.3. The van der Waals surface area contributed by atoms with Gasteiger partial charge in [-0.1, -0.05) is 31.4 Å². The Labute approximate surface area is 131 Å². The van der Waals surface area contributed by atoms with Gasteiger partial charge >= 0.3 is 5.97 Å². The summed E-state index contributed by atoms with van der Waals surface area (Å²) >= 11 is 0. The molecule has 0 saturated heterocycles. The number of hydrogen-bond donors (Lipinski definition) is 2. The number of aliphatic carboxylic acids is 1. The number of amides is 1. The van der Waals surface area contributed by atoms with Crippen LogP contribution in [-0.4, -0.2) is 17.0 Å². The van der Waals surface area contributed by atoms with E-state index in [-0.39, 0.29) is 5.91 Å². The zero-order valence-corrected chi connectivity index (χ0v) is 13.4. The highest BCUT2D eigenvalue weighted by atomic mass is 16.4. The van der Waals surface area contributed by atoms with Crippen LogP contribution in [0.5, 0.6) is 0 Å². The van der Waals surface area contributed by atoms with E-state index in [0.29, 0.717) is 12.3 Å². The average molecular weight is 303 g/mol. The van der Waals surface area contributed by atoms with Crippen LogP contribution in [0.2, 0.25) is 0 Å². The van der Waals surface area contributed by atoms with E-state index < -0.39 is 11.4 Å². The Hall–Kier alpha value is -1.84. The zero-order valence-electron chi connectivity index (χ0n) is 13.4. The molecule has 2 rings (SSSR count). The molecule has 1 aliphatic rings. The fourth-order valence-corrected chi connectivity index (χ4v) is 2.96. The summed E-state index contributed by atoms with van der Waals surface area (Å²) in [6.07, 6.45) is 6.65. The van der Waals surface area contributed by atoms with Gasteiger partial charge in [-0.25, -0.2) is 0 Å². The Morgan fingerprint density at radius 2 is 1.73 bits per heavy atom. The lowest BCUT2D eigenvalue weighted by atomic mass is 9.85. The van der Waals surface area contributed by atoms with Crippen molar-refractivity contribution < 1.29 is 14.7 Å². The number of carboxylic acid groups (broad SMARTS) is 1. The van der Waals surface area contributed by atoms with Crippen LogP contribution in [0.3, 0.4) is 0 Å². The van der Waals surface area contributed by atoms with Crippen molar-refractivity contribution in [1.29, 1.82) is 0 Å². The second-order valence-electron chi connectivity index (χ2n) is 6.76. The Morgan fingerprint density at radius 3 is 2.27 bits per heavy atom. The number of benzene rings is 1. The van der Waals surface area contributed by atoms with Crippen LogP contribution < -0.4 is 5.32 Å². The van der Waals surface area contributed by atoms with Crippen molar-refractivity contribution in [3.63, 3.8) is 0 Å². The van der Waals surface area contributed by atoms with Gasteiger partial charge in [-0.3, -0.25) is 9.59 Å². The molecule has 0 atom stereocenters. The van der Waals surface area contributed by atoms with Crippen LogP contribution in [-0.2, 0) is 15.0 Å². The molecule has 120 valence electrons. The highest BCUT2D eigenvalue weighted by Gasteiger charge is 2.29. The van der Waals surface area contributed by atoms with Crippen LogP contribution >= 0.6 is 0 Å². The van der Waals surface area contributed by atoms with E-state index in [9.17, 15) is 14.7 Å². The molecule has 0 bridgehead atoms. The number of rotatable bonds is 5.